The van der Waals surface area contributed by atoms with E-state index in [1.165, 1.54) is 5.56 Å². The van der Waals surface area contributed by atoms with E-state index in [0.717, 1.165) is 37.7 Å². The summed E-state index contributed by atoms with van der Waals surface area (Å²) in [6.45, 7) is 6.02. The van der Waals surface area contributed by atoms with Crippen molar-refractivity contribution in [3.63, 3.8) is 0 Å². The second-order valence-corrected chi connectivity index (χ2v) is 6.66. The summed E-state index contributed by atoms with van der Waals surface area (Å²) in [6, 6.07) is 6.44. The van der Waals surface area contributed by atoms with E-state index in [0.29, 0.717) is 18.3 Å². The molecule has 1 atom stereocenters. The van der Waals surface area contributed by atoms with Gasteiger partial charge in [0.2, 0.25) is 12.7 Å². The van der Waals surface area contributed by atoms with Crippen molar-refractivity contribution in [2.45, 2.75) is 13.0 Å². The molecule has 142 valence electrons. The first kappa shape index (κ1) is 17.5. The number of anilines is 1. The zero-order valence-corrected chi connectivity index (χ0v) is 15.5. The van der Waals surface area contributed by atoms with Crippen molar-refractivity contribution in [2.24, 2.45) is 0 Å². The summed E-state index contributed by atoms with van der Waals surface area (Å²) in [4.78, 5) is 24.9. The lowest BCUT2D eigenvalue weighted by Gasteiger charge is -2.38. The maximum absolute atomic E-state index is 11.6. The predicted octanol–water partition coefficient (Wildman–Crippen LogP) is 1.45. The molecule has 1 saturated heterocycles. The van der Waals surface area contributed by atoms with Gasteiger partial charge in [0, 0.05) is 51.7 Å². The SMILES string of the molecule is CNC(=O)c1cnc(N2CCN([C@@H](C)c3ccc4c(c3)OCO4)CC2)nc1. The third kappa shape index (κ3) is 3.52. The minimum Gasteiger partial charge on any atom is -0.454 e. The van der Waals surface area contributed by atoms with E-state index >= 15 is 0 Å². The van der Waals surface area contributed by atoms with Gasteiger partial charge in [0.1, 0.15) is 0 Å². The van der Waals surface area contributed by atoms with Crippen molar-refractivity contribution in [1.29, 1.82) is 0 Å². The molecule has 2 aliphatic rings. The highest BCUT2D eigenvalue weighted by Gasteiger charge is 2.25. The van der Waals surface area contributed by atoms with Gasteiger partial charge in [-0.3, -0.25) is 9.69 Å². The van der Waals surface area contributed by atoms with Crippen LogP contribution in [0.1, 0.15) is 28.9 Å². The third-order valence-corrected chi connectivity index (χ3v) is 5.15. The first-order chi connectivity index (χ1) is 13.2. The third-order valence-electron chi connectivity index (χ3n) is 5.15. The van der Waals surface area contributed by atoms with Gasteiger partial charge in [-0.05, 0) is 24.6 Å². The first-order valence-electron chi connectivity index (χ1n) is 9.08. The predicted molar refractivity (Wildman–Crippen MR) is 100 cm³/mol. The smallest absolute Gasteiger partial charge is 0.254 e. The molecular weight excluding hydrogens is 346 g/mol. The van der Waals surface area contributed by atoms with Crippen molar-refractivity contribution >= 4 is 11.9 Å². The quantitative estimate of drug-likeness (QED) is 0.874. The molecule has 1 aromatic heterocycles. The summed E-state index contributed by atoms with van der Waals surface area (Å²) in [7, 11) is 1.59. The molecule has 27 heavy (non-hydrogen) atoms. The zero-order valence-electron chi connectivity index (χ0n) is 15.5. The Morgan fingerprint density at radius 3 is 2.52 bits per heavy atom. The molecule has 0 unspecified atom stereocenters. The molecule has 0 aliphatic carbocycles. The van der Waals surface area contributed by atoms with Gasteiger partial charge in [-0.15, -0.1) is 0 Å². The molecule has 0 spiro atoms. The summed E-state index contributed by atoms with van der Waals surface area (Å²) in [5, 5.41) is 2.57. The van der Waals surface area contributed by atoms with E-state index in [4.69, 9.17) is 9.47 Å². The summed E-state index contributed by atoms with van der Waals surface area (Å²) in [5.74, 6) is 2.12. The Bertz CT molecular complexity index is 819. The van der Waals surface area contributed by atoms with Crippen LogP contribution in [-0.2, 0) is 0 Å². The Labute approximate surface area is 158 Å². The molecule has 3 heterocycles. The lowest BCUT2D eigenvalue weighted by molar-refractivity contribution is 0.0962. The van der Waals surface area contributed by atoms with Crippen LogP contribution in [-0.4, -0.2) is 60.8 Å². The zero-order chi connectivity index (χ0) is 18.8. The van der Waals surface area contributed by atoms with E-state index in [2.05, 4.69) is 44.1 Å². The Balaban J connectivity index is 1.37. The number of nitrogens with one attached hydrogen (secondary N) is 1. The Morgan fingerprint density at radius 1 is 1.11 bits per heavy atom. The van der Waals surface area contributed by atoms with Crippen molar-refractivity contribution in [2.75, 3.05) is 44.9 Å². The molecule has 0 saturated carbocycles. The lowest BCUT2D eigenvalue weighted by atomic mass is 10.1. The normalized spacial score (nSPS) is 17.6. The number of nitrogens with zero attached hydrogens (tertiary/aromatic N) is 4. The van der Waals surface area contributed by atoms with Gasteiger partial charge in [-0.25, -0.2) is 9.97 Å². The molecule has 1 fully saturated rings. The van der Waals surface area contributed by atoms with Crippen LogP contribution in [0.5, 0.6) is 11.5 Å². The number of fused-ring (bicyclic) bond motifs is 1. The number of aromatic nitrogens is 2. The molecule has 8 heteroatoms. The largest absolute Gasteiger partial charge is 0.454 e. The standard InChI is InChI=1S/C19H23N5O3/c1-13(14-3-4-16-17(9-14)27-12-26-16)23-5-7-24(8-6-23)19-21-10-15(11-22-19)18(25)20-2/h3-4,9-11,13H,5-8,12H2,1-2H3,(H,20,25)/t13-/m0/s1. The first-order valence-corrected chi connectivity index (χ1v) is 9.08. The van der Waals surface area contributed by atoms with Gasteiger partial charge in [0.15, 0.2) is 11.5 Å². The van der Waals surface area contributed by atoms with E-state index in [1.54, 1.807) is 19.4 Å². The van der Waals surface area contributed by atoms with E-state index in [-0.39, 0.29) is 11.9 Å². The van der Waals surface area contributed by atoms with E-state index in [1.807, 2.05) is 6.07 Å². The van der Waals surface area contributed by atoms with Crippen molar-refractivity contribution in [3.05, 3.63) is 41.7 Å². The van der Waals surface area contributed by atoms with E-state index < -0.39 is 0 Å². The number of piperazine rings is 1. The van der Waals surface area contributed by atoms with Crippen molar-refractivity contribution in [3.8, 4) is 11.5 Å². The minimum absolute atomic E-state index is 0.177. The Kier molecular flexibility index (Phi) is 4.81. The van der Waals surface area contributed by atoms with Crippen LogP contribution in [0.25, 0.3) is 0 Å². The summed E-state index contributed by atoms with van der Waals surface area (Å²) < 4.78 is 10.9. The van der Waals surface area contributed by atoms with Crippen LogP contribution in [0.4, 0.5) is 5.95 Å². The van der Waals surface area contributed by atoms with Crippen LogP contribution < -0.4 is 19.7 Å². The van der Waals surface area contributed by atoms with Crippen LogP contribution in [0.15, 0.2) is 30.6 Å². The van der Waals surface area contributed by atoms with E-state index in [9.17, 15) is 4.79 Å². The summed E-state index contributed by atoms with van der Waals surface area (Å²) >= 11 is 0. The second-order valence-electron chi connectivity index (χ2n) is 6.66. The molecule has 4 rings (SSSR count). The second kappa shape index (κ2) is 7.40. The average molecular weight is 369 g/mol. The molecule has 0 radical (unpaired) electrons. The maximum Gasteiger partial charge on any atom is 0.254 e. The van der Waals surface area contributed by atoms with Crippen LogP contribution in [0.3, 0.4) is 0 Å². The van der Waals surface area contributed by atoms with Gasteiger partial charge in [-0.2, -0.15) is 0 Å². The molecule has 8 nitrogen and oxygen atoms in total. The van der Waals surface area contributed by atoms with Crippen LogP contribution in [0.2, 0.25) is 0 Å². The maximum atomic E-state index is 11.6. The Hall–Kier alpha value is -2.87. The van der Waals surface area contributed by atoms with Crippen molar-refractivity contribution in [1.82, 2.24) is 20.2 Å². The number of hydrogen-bond donors (Lipinski definition) is 1. The summed E-state index contributed by atoms with van der Waals surface area (Å²) in [5.41, 5.74) is 1.69. The molecular formula is C19H23N5O3. The molecule has 1 aromatic carbocycles. The summed E-state index contributed by atoms with van der Waals surface area (Å²) in [6.07, 6.45) is 3.14. The number of carbonyl (C=O) groups is 1. The lowest BCUT2D eigenvalue weighted by Crippen LogP contribution is -2.47. The van der Waals surface area contributed by atoms with Crippen molar-refractivity contribution < 1.29 is 14.3 Å². The molecule has 2 aromatic rings. The molecule has 2 aliphatic heterocycles. The fourth-order valence-corrected chi connectivity index (χ4v) is 3.44. The van der Waals surface area contributed by atoms with Gasteiger partial charge in [-0.1, -0.05) is 6.07 Å². The number of ether oxygens (including phenoxy) is 2. The molecule has 0 bridgehead atoms. The topological polar surface area (TPSA) is 79.8 Å². The highest BCUT2D eigenvalue weighted by atomic mass is 16.7. The van der Waals surface area contributed by atoms with Gasteiger partial charge < -0.3 is 19.7 Å². The fraction of sp³-hybridized carbons (Fsp3) is 0.421. The average Bonchev–Trinajstić information content (AvgIpc) is 3.21. The minimum atomic E-state index is -0.177. The highest BCUT2D eigenvalue weighted by Crippen LogP contribution is 2.35. The van der Waals surface area contributed by atoms with Crippen LogP contribution in [0, 0.1) is 0 Å². The molecule has 1 N–H and O–H groups in total. The van der Waals surface area contributed by atoms with Gasteiger partial charge >= 0.3 is 0 Å². The highest BCUT2D eigenvalue weighted by molar-refractivity contribution is 5.93. The number of amides is 1. The number of benzene rings is 1. The Morgan fingerprint density at radius 2 is 1.81 bits per heavy atom. The number of rotatable bonds is 4. The number of hydrogen-bond acceptors (Lipinski definition) is 7. The van der Waals surface area contributed by atoms with Gasteiger partial charge in [0.25, 0.3) is 5.91 Å². The number of carbonyl (C=O) groups excluding carboxylic acids is 1. The molecule has 1 amide bonds. The fourth-order valence-electron chi connectivity index (χ4n) is 3.44. The van der Waals surface area contributed by atoms with Gasteiger partial charge in [0.05, 0.1) is 5.56 Å². The van der Waals surface area contributed by atoms with Crippen LogP contribution >= 0.6 is 0 Å². The monoisotopic (exact) mass is 369 g/mol.